The van der Waals surface area contributed by atoms with Gasteiger partial charge in [-0.2, -0.15) is 0 Å². The van der Waals surface area contributed by atoms with Crippen LogP contribution in [-0.4, -0.2) is 78.9 Å². The zero-order valence-corrected chi connectivity index (χ0v) is 27.4. The molecule has 0 bridgehead atoms. The van der Waals surface area contributed by atoms with Crippen molar-refractivity contribution in [2.45, 2.75) is 77.5 Å². The average Bonchev–Trinajstić information content (AvgIpc) is 3.06. The van der Waals surface area contributed by atoms with Crippen LogP contribution >= 0.6 is 0 Å². The minimum atomic E-state index is -0.899. The highest BCUT2D eigenvalue weighted by Crippen LogP contribution is 2.32. The van der Waals surface area contributed by atoms with Crippen LogP contribution in [0.4, 0.5) is 14.9 Å². The van der Waals surface area contributed by atoms with Crippen molar-refractivity contribution in [2.75, 3.05) is 38.5 Å². The van der Waals surface area contributed by atoms with Gasteiger partial charge in [-0.3, -0.25) is 14.4 Å². The lowest BCUT2D eigenvalue weighted by Crippen LogP contribution is -2.55. The fraction of sp³-hybridized carbons (Fsp3) is 0.543. The SMILES string of the molecule is CCC(=O)N[C@@H](C(=O)N1CCN(C)CC1)[C@@H](C)c1ccc(NC(=O)[C@@H](NC(=O)OCc2ccccc2)C2CCC(C)CC2)c(F)c1. The number of ether oxygens (including phenoxy) is 1. The van der Waals surface area contributed by atoms with Crippen LogP contribution in [-0.2, 0) is 25.7 Å². The molecule has 3 atom stereocenters. The van der Waals surface area contributed by atoms with E-state index >= 15 is 4.39 Å². The highest BCUT2D eigenvalue weighted by Gasteiger charge is 2.35. The molecule has 250 valence electrons. The summed E-state index contributed by atoms with van der Waals surface area (Å²) in [6, 6.07) is 11.9. The lowest BCUT2D eigenvalue weighted by Gasteiger charge is -2.36. The Kier molecular flexibility index (Phi) is 12.5. The van der Waals surface area contributed by atoms with Crippen molar-refractivity contribution >= 4 is 29.5 Å². The molecule has 0 aromatic heterocycles. The molecule has 2 fully saturated rings. The maximum Gasteiger partial charge on any atom is 0.408 e. The largest absolute Gasteiger partial charge is 0.445 e. The summed E-state index contributed by atoms with van der Waals surface area (Å²) in [5.41, 5.74) is 1.30. The number of alkyl carbamates (subject to hydrolysis) is 1. The molecular formula is C35H48FN5O5. The first kappa shape index (κ1) is 34.9. The van der Waals surface area contributed by atoms with Crippen molar-refractivity contribution in [3.05, 3.63) is 65.5 Å². The quantitative estimate of drug-likeness (QED) is 0.330. The number of hydrogen-bond acceptors (Lipinski definition) is 6. The van der Waals surface area contributed by atoms with Crippen molar-refractivity contribution in [2.24, 2.45) is 11.8 Å². The number of anilines is 1. The summed E-state index contributed by atoms with van der Waals surface area (Å²) in [7, 11) is 2.00. The van der Waals surface area contributed by atoms with Gasteiger partial charge in [-0.1, -0.05) is 70.0 Å². The van der Waals surface area contributed by atoms with Gasteiger partial charge in [-0.25, -0.2) is 9.18 Å². The summed E-state index contributed by atoms with van der Waals surface area (Å²) in [6.07, 6.45) is 2.87. The Labute approximate surface area is 271 Å². The maximum absolute atomic E-state index is 15.6. The van der Waals surface area contributed by atoms with E-state index in [1.807, 2.05) is 37.4 Å². The number of nitrogens with zero attached hydrogens (tertiary/aromatic N) is 2. The van der Waals surface area contributed by atoms with Crippen molar-refractivity contribution in [3.63, 3.8) is 0 Å². The van der Waals surface area contributed by atoms with Crippen LogP contribution in [0.5, 0.6) is 0 Å². The summed E-state index contributed by atoms with van der Waals surface area (Å²) in [5.74, 6) is -1.77. The molecule has 3 N–H and O–H groups in total. The predicted molar refractivity (Wildman–Crippen MR) is 174 cm³/mol. The summed E-state index contributed by atoms with van der Waals surface area (Å²) in [6.45, 7) is 8.30. The summed E-state index contributed by atoms with van der Waals surface area (Å²) in [4.78, 5) is 56.1. The second-order valence-electron chi connectivity index (χ2n) is 12.7. The smallest absolute Gasteiger partial charge is 0.408 e. The maximum atomic E-state index is 15.6. The number of benzene rings is 2. The predicted octanol–water partition coefficient (Wildman–Crippen LogP) is 4.66. The van der Waals surface area contributed by atoms with Crippen molar-refractivity contribution in [1.29, 1.82) is 0 Å². The van der Waals surface area contributed by atoms with Crippen LogP contribution in [0, 0.1) is 17.7 Å². The lowest BCUT2D eigenvalue weighted by atomic mass is 9.79. The Morgan fingerprint density at radius 1 is 0.957 bits per heavy atom. The van der Waals surface area contributed by atoms with Crippen molar-refractivity contribution < 1.29 is 28.3 Å². The monoisotopic (exact) mass is 637 g/mol. The van der Waals surface area contributed by atoms with Crippen LogP contribution in [0.3, 0.4) is 0 Å². The molecule has 2 aromatic rings. The normalized spacial score (nSPS) is 20.6. The average molecular weight is 638 g/mol. The first-order chi connectivity index (χ1) is 22.0. The standard InChI is InChI=1S/C35H48FN5O5/c1-5-30(42)38-31(34(44)41-19-17-40(4)18-20-41)24(3)27-15-16-29(28(36)21-27)37-33(43)32(26-13-11-23(2)12-14-26)39-35(45)46-22-25-9-7-6-8-10-25/h6-10,15-16,21,23-24,26,31-32H,5,11-14,17-20,22H2,1-4H3,(H,37,43)(H,38,42)(H,39,45)/t23?,24-,26?,31+,32-/m0/s1. The topological polar surface area (TPSA) is 120 Å². The van der Waals surface area contributed by atoms with Crippen molar-refractivity contribution in [1.82, 2.24) is 20.4 Å². The lowest BCUT2D eigenvalue weighted by molar-refractivity contribution is -0.138. The molecule has 46 heavy (non-hydrogen) atoms. The van der Waals surface area contributed by atoms with E-state index in [2.05, 4.69) is 27.8 Å². The molecule has 4 amide bonds. The molecule has 1 saturated carbocycles. The summed E-state index contributed by atoms with van der Waals surface area (Å²) in [5, 5.41) is 8.27. The number of nitrogens with one attached hydrogen (secondary N) is 3. The van der Waals surface area contributed by atoms with E-state index in [0.29, 0.717) is 24.6 Å². The van der Waals surface area contributed by atoms with Crippen molar-refractivity contribution in [3.8, 4) is 0 Å². The first-order valence-electron chi connectivity index (χ1n) is 16.4. The molecule has 1 saturated heterocycles. The van der Waals surface area contributed by atoms with Crippen LogP contribution in [0.15, 0.2) is 48.5 Å². The van der Waals surface area contributed by atoms with E-state index in [4.69, 9.17) is 4.74 Å². The van der Waals surface area contributed by atoms with E-state index in [-0.39, 0.29) is 36.4 Å². The minimum absolute atomic E-state index is 0.0332. The van der Waals surface area contributed by atoms with Crippen LogP contribution in [0.2, 0.25) is 0 Å². The summed E-state index contributed by atoms with van der Waals surface area (Å²) < 4.78 is 21.0. The molecule has 0 radical (unpaired) electrons. The van der Waals surface area contributed by atoms with Crippen LogP contribution in [0.1, 0.15) is 69.9 Å². The number of rotatable bonds is 11. The second kappa shape index (κ2) is 16.5. The number of halogens is 1. The van der Waals surface area contributed by atoms with E-state index in [1.54, 1.807) is 24.8 Å². The molecule has 2 aliphatic rings. The molecule has 4 rings (SSSR count). The van der Waals surface area contributed by atoms with Gasteiger partial charge in [0, 0.05) is 38.5 Å². The van der Waals surface area contributed by atoms with Gasteiger partial charge in [0.1, 0.15) is 24.5 Å². The third kappa shape index (κ3) is 9.51. The van der Waals surface area contributed by atoms with Gasteiger partial charge in [0.25, 0.3) is 0 Å². The molecule has 1 heterocycles. The van der Waals surface area contributed by atoms with Gasteiger partial charge < -0.3 is 30.5 Å². The second-order valence-corrected chi connectivity index (χ2v) is 12.7. The first-order valence-corrected chi connectivity index (χ1v) is 16.4. The molecule has 1 aliphatic carbocycles. The number of carbonyl (C=O) groups is 4. The zero-order valence-electron chi connectivity index (χ0n) is 27.4. The van der Waals surface area contributed by atoms with Gasteiger partial charge >= 0.3 is 6.09 Å². The van der Waals surface area contributed by atoms with Gasteiger partial charge in [0.2, 0.25) is 17.7 Å². The Bertz CT molecular complexity index is 1340. The molecule has 2 aromatic carbocycles. The summed E-state index contributed by atoms with van der Waals surface area (Å²) >= 11 is 0. The third-order valence-electron chi connectivity index (χ3n) is 9.30. The fourth-order valence-corrected chi connectivity index (χ4v) is 6.13. The van der Waals surface area contributed by atoms with E-state index in [9.17, 15) is 19.2 Å². The Morgan fingerprint density at radius 2 is 1.63 bits per heavy atom. The zero-order chi connectivity index (χ0) is 33.2. The van der Waals surface area contributed by atoms with E-state index < -0.39 is 35.8 Å². The number of hydrogen-bond donors (Lipinski definition) is 3. The van der Waals surface area contributed by atoms with Gasteiger partial charge in [-0.05, 0) is 55.0 Å². The highest BCUT2D eigenvalue weighted by atomic mass is 19.1. The van der Waals surface area contributed by atoms with E-state index in [1.165, 1.54) is 12.1 Å². The number of carbonyl (C=O) groups excluding carboxylic acids is 4. The van der Waals surface area contributed by atoms with Crippen LogP contribution < -0.4 is 16.0 Å². The Hall–Kier alpha value is -3.99. The van der Waals surface area contributed by atoms with Gasteiger partial charge in [0.05, 0.1) is 5.69 Å². The molecule has 11 heteroatoms. The minimum Gasteiger partial charge on any atom is -0.445 e. The number of likely N-dealkylation sites (N-methyl/N-ethyl adjacent to an activating group) is 1. The molecule has 1 aliphatic heterocycles. The Morgan fingerprint density at radius 3 is 2.26 bits per heavy atom. The Balaban J connectivity index is 1.46. The van der Waals surface area contributed by atoms with Crippen LogP contribution in [0.25, 0.3) is 0 Å². The van der Waals surface area contributed by atoms with Gasteiger partial charge in [-0.15, -0.1) is 0 Å². The molecule has 10 nitrogen and oxygen atoms in total. The number of amides is 4. The molecular weight excluding hydrogens is 589 g/mol. The molecule has 0 unspecified atom stereocenters. The van der Waals surface area contributed by atoms with E-state index in [0.717, 1.165) is 44.3 Å². The highest BCUT2D eigenvalue weighted by molar-refractivity contribution is 5.97. The fourth-order valence-electron chi connectivity index (χ4n) is 6.13. The third-order valence-corrected chi connectivity index (χ3v) is 9.30. The number of piperazine rings is 1. The van der Waals surface area contributed by atoms with Gasteiger partial charge in [0.15, 0.2) is 0 Å². The molecule has 0 spiro atoms.